The summed E-state index contributed by atoms with van der Waals surface area (Å²) in [6.07, 6.45) is 3.55. The predicted molar refractivity (Wildman–Crippen MR) is 135 cm³/mol. The topological polar surface area (TPSA) is 100 Å². The molecule has 2 aromatic carbocycles. The van der Waals surface area contributed by atoms with Crippen LogP contribution in [0.1, 0.15) is 51.1 Å². The van der Waals surface area contributed by atoms with Crippen LogP contribution in [0.2, 0.25) is 0 Å². The monoisotopic (exact) mass is 486 g/mol. The van der Waals surface area contributed by atoms with Crippen LogP contribution < -0.4 is 14.8 Å². The normalized spacial score (nSPS) is 15.2. The van der Waals surface area contributed by atoms with Gasteiger partial charge in [-0.1, -0.05) is 31.5 Å². The summed E-state index contributed by atoms with van der Waals surface area (Å²) in [6.45, 7) is 5.52. The number of aliphatic imine (C=N–C) groups is 1. The van der Waals surface area contributed by atoms with Gasteiger partial charge in [-0.2, -0.15) is 0 Å². The second-order valence-corrected chi connectivity index (χ2v) is 10.0. The Kier molecular flexibility index (Phi) is 9.06. The van der Waals surface area contributed by atoms with E-state index in [1.807, 2.05) is 43.0 Å². The number of likely N-dealkylation sites (N-methyl/N-ethyl adjacent to an activating group) is 1. The first-order valence-electron chi connectivity index (χ1n) is 11.7. The fraction of sp³-hybridized carbons (Fsp3) is 0.440. The van der Waals surface area contributed by atoms with Crippen LogP contribution in [0, 0.1) is 0 Å². The third kappa shape index (κ3) is 7.04. The fourth-order valence-corrected chi connectivity index (χ4v) is 5.07. The average molecular weight is 487 g/mol. The maximum absolute atomic E-state index is 12.9. The number of sulfonamides is 1. The largest absolute Gasteiger partial charge is 0.497 e. The molecule has 0 radical (unpaired) electrons. The Labute approximate surface area is 202 Å². The van der Waals surface area contributed by atoms with Crippen LogP contribution in [0.15, 0.2) is 58.4 Å². The average Bonchev–Trinajstić information content (AvgIpc) is 3.10. The number of anilines is 1. The molecule has 2 aromatic rings. The minimum Gasteiger partial charge on any atom is -0.497 e. The van der Waals surface area contributed by atoms with Crippen molar-refractivity contribution in [2.45, 2.75) is 50.5 Å². The number of nitrogens with one attached hydrogen (secondary N) is 2. The van der Waals surface area contributed by atoms with E-state index >= 15 is 0 Å². The van der Waals surface area contributed by atoms with Crippen LogP contribution in [-0.4, -0.2) is 51.8 Å². The Morgan fingerprint density at radius 3 is 2.71 bits per heavy atom. The van der Waals surface area contributed by atoms with Crippen molar-refractivity contribution >= 4 is 27.5 Å². The summed E-state index contributed by atoms with van der Waals surface area (Å²) in [5.41, 5.74) is 1.48. The molecule has 3 rings (SSSR count). The van der Waals surface area contributed by atoms with Crippen LogP contribution in [0.5, 0.6) is 5.75 Å². The Balaban J connectivity index is 1.66. The molecule has 0 saturated heterocycles. The molecule has 0 bridgehead atoms. The van der Waals surface area contributed by atoms with Crippen molar-refractivity contribution in [3.63, 3.8) is 0 Å². The number of rotatable bonds is 9. The molecule has 8 nitrogen and oxygen atoms in total. The minimum absolute atomic E-state index is 0.00196. The lowest BCUT2D eigenvalue weighted by molar-refractivity contribution is -0.117. The van der Waals surface area contributed by atoms with Gasteiger partial charge in [-0.3, -0.25) is 19.4 Å². The molecule has 1 amide bonds. The van der Waals surface area contributed by atoms with E-state index in [2.05, 4.69) is 15.0 Å². The summed E-state index contributed by atoms with van der Waals surface area (Å²) in [4.78, 5) is 19.3. The molecule has 184 valence electrons. The summed E-state index contributed by atoms with van der Waals surface area (Å²) >= 11 is 0. The molecule has 0 aromatic heterocycles. The third-order valence-corrected chi connectivity index (χ3v) is 7.31. The number of amidine groups is 1. The van der Waals surface area contributed by atoms with Gasteiger partial charge in [0, 0.05) is 24.7 Å². The molecule has 34 heavy (non-hydrogen) atoms. The number of nitrogens with zero attached hydrogens (tertiary/aromatic N) is 2. The van der Waals surface area contributed by atoms with E-state index in [0.29, 0.717) is 31.0 Å². The molecule has 9 heteroatoms. The lowest BCUT2D eigenvalue weighted by atomic mass is 10.1. The number of amides is 1. The highest BCUT2D eigenvalue weighted by molar-refractivity contribution is 7.90. The van der Waals surface area contributed by atoms with Crippen molar-refractivity contribution in [2.75, 3.05) is 32.1 Å². The van der Waals surface area contributed by atoms with Crippen molar-refractivity contribution in [2.24, 2.45) is 4.99 Å². The Hall–Kier alpha value is -2.91. The highest BCUT2D eigenvalue weighted by atomic mass is 32.2. The molecular weight excluding hydrogens is 452 g/mol. The number of hydrogen-bond donors (Lipinski definition) is 2. The highest BCUT2D eigenvalue weighted by Crippen LogP contribution is 2.24. The highest BCUT2D eigenvalue weighted by Gasteiger charge is 2.20. The molecular formula is C25H34N4O4S. The first kappa shape index (κ1) is 25.7. The zero-order valence-electron chi connectivity index (χ0n) is 20.1. The van der Waals surface area contributed by atoms with E-state index in [4.69, 9.17) is 4.74 Å². The van der Waals surface area contributed by atoms with Crippen LogP contribution in [0.4, 0.5) is 5.69 Å². The quantitative estimate of drug-likeness (QED) is 0.559. The molecule has 0 aliphatic carbocycles. The molecule has 1 unspecified atom stereocenters. The van der Waals surface area contributed by atoms with Gasteiger partial charge in [0.15, 0.2) is 0 Å². The van der Waals surface area contributed by atoms with E-state index in [1.165, 1.54) is 12.1 Å². The number of hydrogen-bond acceptors (Lipinski definition) is 6. The maximum Gasteiger partial charge on any atom is 0.262 e. The Bertz CT molecular complexity index is 1120. The third-order valence-electron chi connectivity index (χ3n) is 5.93. The standard InChI is InChI=1S/C25H34N4O4S/c1-4-29(19(2)20-10-8-12-22(16-20)33-3)18-25(30)27-21-11-9-13-23(17-21)34(31,32)28-24-14-6-5-7-15-26-24/h8-13,16-17,19H,4-7,14-15,18H2,1-3H3,(H,26,28)(H,27,30). The molecule has 0 fully saturated rings. The van der Waals surface area contributed by atoms with Crippen LogP contribution in [0.3, 0.4) is 0 Å². The number of benzene rings is 2. The fourth-order valence-electron chi connectivity index (χ4n) is 3.93. The smallest absolute Gasteiger partial charge is 0.262 e. The van der Waals surface area contributed by atoms with Gasteiger partial charge in [-0.25, -0.2) is 8.42 Å². The Morgan fingerprint density at radius 2 is 1.94 bits per heavy atom. The van der Waals surface area contributed by atoms with Crippen molar-refractivity contribution in [3.8, 4) is 5.75 Å². The predicted octanol–water partition coefficient (Wildman–Crippen LogP) is 3.97. The first-order valence-corrected chi connectivity index (χ1v) is 13.1. The van der Waals surface area contributed by atoms with Crippen molar-refractivity contribution in [1.29, 1.82) is 0 Å². The maximum atomic E-state index is 12.9. The van der Waals surface area contributed by atoms with E-state index in [0.717, 1.165) is 30.6 Å². The van der Waals surface area contributed by atoms with Gasteiger partial charge < -0.3 is 10.1 Å². The second-order valence-electron chi connectivity index (χ2n) is 8.34. The van der Waals surface area contributed by atoms with Gasteiger partial charge in [0.1, 0.15) is 11.6 Å². The van der Waals surface area contributed by atoms with Crippen LogP contribution in [-0.2, 0) is 14.8 Å². The molecule has 0 spiro atoms. The molecule has 1 aliphatic rings. The van der Waals surface area contributed by atoms with Crippen molar-refractivity contribution in [3.05, 3.63) is 54.1 Å². The summed E-state index contributed by atoms with van der Waals surface area (Å²) in [5.74, 6) is 1.05. The number of carbonyl (C=O) groups excluding carboxylic acids is 1. The van der Waals surface area contributed by atoms with Gasteiger partial charge in [0.25, 0.3) is 10.0 Å². The molecule has 0 saturated carbocycles. The number of methoxy groups -OCH3 is 1. The van der Waals surface area contributed by atoms with E-state index in [9.17, 15) is 13.2 Å². The number of ether oxygens (including phenoxy) is 1. The summed E-state index contributed by atoms with van der Waals surface area (Å²) in [7, 11) is -2.14. The molecule has 1 heterocycles. The van der Waals surface area contributed by atoms with Crippen molar-refractivity contribution in [1.82, 2.24) is 9.62 Å². The van der Waals surface area contributed by atoms with Gasteiger partial charge in [0.05, 0.1) is 18.6 Å². The zero-order valence-corrected chi connectivity index (χ0v) is 20.9. The van der Waals surface area contributed by atoms with Gasteiger partial charge >= 0.3 is 0 Å². The van der Waals surface area contributed by atoms with E-state index in [-0.39, 0.29) is 23.4 Å². The first-order chi connectivity index (χ1) is 16.3. The minimum atomic E-state index is -3.77. The van der Waals surface area contributed by atoms with Crippen LogP contribution in [0.25, 0.3) is 0 Å². The summed E-state index contributed by atoms with van der Waals surface area (Å²) < 4.78 is 33.6. The molecule has 1 aliphatic heterocycles. The van der Waals surface area contributed by atoms with E-state index in [1.54, 1.807) is 19.2 Å². The van der Waals surface area contributed by atoms with Crippen LogP contribution >= 0.6 is 0 Å². The number of carbonyl (C=O) groups is 1. The second kappa shape index (κ2) is 12.0. The van der Waals surface area contributed by atoms with E-state index < -0.39 is 10.0 Å². The molecule has 1 atom stereocenters. The van der Waals surface area contributed by atoms with Gasteiger partial charge in [-0.15, -0.1) is 0 Å². The lowest BCUT2D eigenvalue weighted by Gasteiger charge is -2.27. The SMILES string of the molecule is CCN(CC(=O)Nc1cccc(S(=O)(=O)NC2=NCCCCC2)c1)C(C)c1cccc(OC)c1. The van der Waals surface area contributed by atoms with Gasteiger partial charge in [-0.05, 0) is 62.2 Å². The lowest BCUT2D eigenvalue weighted by Crippen LogP contribution is -2.35. The molecule has 2 N–H and O–H groups in total. The summed E-state index contributed by atoms with van der Waals surface area (Å²) in [6, 6.07) is 14.1. The van der Waals surface area contributed by atoms with Gasteiger partial charge in [0.2, 0.25) is 5.91 Å². The van der Waals surface area contributed by atoms with Crippen molar-refractivity contribution < 1.29 is 17.9 Å². The zero-order chi connectivity index (χ0) is 24.6. The summed E-state index contributed by atoms with van der Waals surface area (Å²) in [5, 5.41) is 2.83. The Morgan fingerprint density at radius 1 is 1.15 bits per heavy atom.